The fraction of sp³-hybridized carbons (Fsp3) is 0.294. The van der Waals surface area contributed by atoms with Crippen LogP contribution in [0, 0.1) is 12.7 Å². The van der Waals surface area contributed by atoms with Crippen LogP contribution in [0.2, 0.25) is 0 Å². The van der Waals surface area contributed by atoms with Gasteiger partial charge in [0.1, 0.15) is 23.4 Å². The molecule has 0 amide bonds. The molecule has 0 aliphatic heterocycles. The molecule has 0 radical (unpaired) electrons. The normalized spacial score (nSPS) is 13.6. The summed E-state index contributed by atoms with van der Waals surface area (Å²) in [6.45, 7) is 3.59. The van der Waals surface area contributed by atoms with Gasteiger partial charge in [-0.1, -0.05) is 12.1 Å². The molecule has 4 heteroatoms. The smallest absolute Gasteiger partial charge is 0.138 e. The summed E-state index contributed by atoms with van der Waals surface area (Å²) in [5.41, 5.74) is 7.52. The highest BCUT2D eigenvalue weighted by atomic mass is 19.1. The lowest BCUT2D eigenvalue weighted by molar-refractivity contribution is 0.180. The van der Waals surface area contributed by atoms with Crippen LogP contribution in [-0.2, 0) is 0 Å². The van der Waals surface area contributed by atoms with Crippen LogP contribution < -0.4 is 15.2 Å². The summed E-state index contributed by atoms with van der Waals surface area (Å²) in [5.74, 6) is 1.14. The van der Waals surface area contributed by atoms with Crippen LogP contribution in [0.5, 0.6) is 11.5 Å². The number of ether oxygens (including phenoxy) is 2. The number of hydrogen-bond donors (Lipinski definition) is 1. The van der Waals surface area contributed by atoms with Crippen molar-refractivity contribution in [1.29, 1.82) is 0 Å². The maximum atomic E-state index is 13.3. The molecule has 0 heterocycles. The first-order valence-electron chi connectivity index (χ1n) is 6.83. The molecule has 0 aliphatic carbocycles. The molecule has 2 N–H and O–H groups in total. The predicted molar refractivity (Wildman–Crippen MR) is 81.1 cm³/mol. The van der Waals surface area contributed by atoms with Gasteiger partial charge in [0.05, 0.1) is 7.11 Å². The van der Waals surface area contributed by atoms with Crippen LogP contribution in [-0.4, -0.2) is 13.2 Å². The largest absolute Gasteiger partial charge is 0.497 e. The van der Waals surface area contributed by atoms with Crippen LogP contribution in [0.3, 0.4) is 0 Å². The van der Waals surface area contributed by atoms with Gasteiger partial charge in [0.2, 0.25) is 0 Å². The predicted octanol–water partition coefficient (Wildman–Crippen LogP) is 3.61. The molecule has 2 rings (SSSR count). The highest BCUT2D eigenvalue weighted by molar-refractivity contribution is 5.32. The van der Waals surface area contributed by atoms with Gasteiger partial charge in [-0.05, 0) is 55.3 Å². The summed E-state index contributed by atoms with van der Waals surface area (Å²) in [6, 6.07) is 12.1. The minimum Gasteiger partial charge on any atom is -0.497 e. The molecule has 21 heavy (non-hydrogen) atoms. The number of methoxy groups -OCH3 is 1. The zero-order valence-electron chi connectivity index (χ0n) is 12.5. The van der Waals surface area contributed by atoms with Crippen molar-refractivity contribution >= 4 is 0 Å². The Morgan fingerprint density at radius 1 is 1.05 bits per heavy atom. The lowest BCUT2D eigenvalue weighted by Crippen LogP contribution is -2.29. The van der Waals surface area contributed by atoms with Crippen molar-refractivity contribution < 1.29 is 13.9 Å². The van der Waals surface area contributed by atoms with Crippen LogP contribution in [0.15, 0.2) is 42.5 Å². The summed E-state index contributed by atoms with van der Waals surface area (Å²) < 4.78 is 24.4. The third-order valence-corrected chi connectivity index (χ3v) is 3.31. The molecule has 2 aromatic carbocycles. The molecule has 2 atom stereocenters. The number of aryl methyl sites for hydroxylation is 1. The van der Waals surface area contributed by atoms with Gasteiger partial charge in [-0.25, -0.2) is 4.39 Å². The van der Waals surface area contributed by atoms with E-state index in [1.807, 2.05) is 31.2 Å². The van der Waals surface area contributed by atoms with Crippen molar-refractivity contribution in [3.05, 3.63) is 59.4 Å². The number of rotatable bonds is 5. The van der Waals surface area contributed by atoms with E-state index in [9.17, 15) is 4.39 Å². The Morgan fingerprint density at radius 2 is 1.67 bits per heavy atom. The molecule has 2 unspecified atom stereocenters. The molecule has 0 fully saturated rings. The van der Waals surface area contributed by atoms with E-state index in [4.69, 9.17) is 15.2 Å². The van der Waals surface area contributed by atoms with E-state index in [1.165, 1.54) is 6.07 Å². The minimum absolute atomic E-state index is 0.205. The van der Waals surface area contributed by atoms with E-state index in [2.05, 4.69) is 0 Å². The highest BCUT2D eigenvalue weighted by Gasteiger charge is 2.18. The van der Waals surface area contributed by atoms with Gasteiger partial charge in [0.15, 0.2) is 0 Å². The Balaban J connectivity index is 2.23. The second kappa shape index (κ2) is 6.59. The number of halogens is 1. The first kappa shape index (κ1) is 15.3. The van der Waals surface area contributed by atoms with Gasteiger partial charge < -0.3 is 15.2 Å². The van der Waals surface area contributed by atoms with Crippen molar-refractivity contribution in [3.8, 4) is 11.5 Å². The third-order valence-electron chi connectivity index (χ3n) is 3.31. The van der Waals surface area contributed by atoms with Gasteiger partial charge in [-0.3, -0.25) is 0 Å². The minimum atomic E-state index is -0.305. The molecule has 0 aliphatic rings. The second-order valence-corrected chi connectivity index (χ2v) is 5.08. The fourth-order valence-corrected chi connectivity index (χ4v) is 2.11. The van der Waals surface area contributed by atoms with Gasteiger partial charge in [0, 0.05) is 6.04 Å². The Kier molecular flexibility index (Phi) is 4.81. The van der Waals surface area contributed by atoms with E-state index in [0.29, 0.717) is 11.3 Å². The van der Waals surface area contributed by atoms with Crippen molar-refractivity contribution in [3.63, 3.8) is 0 Å². The maximum Gasteiger partial charge on any atom is 0.138 e. The summed E-state index contributed by atoms with van der Waals surface area (Å²) in [7, 11) is 1.62. The topological polar surface area (TPSA) is 44.5 Å². The Morgan fingerprint density at radius 3 is 2.19 bits per heavy atom. The van der Waals surface area contributed by atoms with Crippen molar-refractivity contribution in [2.45, 2.75) is 26.0 Å². The first-order chi connectivity index (χ1) is 10.0. The molecule has 0 saturated carbocycles. The molecule has 0 bridgehead atoms. The van der Waals surface area contributed by atoms with E-state index >= 15 is 0 Å². The molecule has 2 aromatic rings. The van der Waals surface area contributed by atoms with Crippen LogP contribution >= 0.6 is 0 Å². The van der Waals surface area contributed by atoms with Crippen molar-refractivity contribution in [2.75, 3.05) is 7.11 Å². The quantitative estimate of drug-likeness (QED) is 0.914. The number of benzene rings is 2. The molecule has 112 valence electrons. The van der Waals surface area contributed by atoms with Crippen molar-refractivity contribution in [2.24, 2.45) is 5.73 Å². The van der Waals surface area contributed by atoms with Gasteiger partial charge in [0.25, 0.3) is 0 Å². The first-order valence-corrected chi connectivity index (χ1v) is 6.83. The Labute approximate surface area is 124 Å². The number of nitrogens with two attached hydrogens (primary N) is 1. The lowest BCUT2D eigenvalue weighted by atomic mass is 10.0. The monoisotopic (exact) mass is 289 g/mol. The second-order valence-electron chi connectivity index (χ2n) is 5.08. The average molecular weight is 289 g/mol. The van der Waals surface area contributed by atoms with Gasteiger partial charge >= 0.3 is 0 Å². The van der Waals surface area contributed by atoms with Crippen molar-refractivity contribution in [1.82, 2.24) is 0 Å². The Bertz CT molecular complexity index is 596. The van der Waals surface area contributed by atoms with E-state index in [1.54, 1.807) is 26.2 Å². The zero-order valence-corrected chi connectivity index (χ0v) is 12.5. The molecular weight excluding hydrogens is 269 g/mol. The molecule has 0 spiro atoms. The van der Waals surface area contributed by atoms with Gasteiger partial charge in [-0.15, -0.1) is 0 Å². The maximum absolute atomic E-state index is 13.3. The van der Waals surface area contributed by atoms with E-state index < -0.39 is 0 Å². The SMILES string of the molecule is COc1ccc(C(Oc2ccc(F)c(C)c2)C(C)N)cc1. The highest BCUT2D eigenvalue weighted by Crippen LogP contribution is 2.27. The summed E-state index contributed by atoms with van der Waals surface area (Å²) >= 11 is 0. The Hall–Kier alpha value is -2.07. The van der Waals surface area contributed by atoms with Gasteiger partial charge in [-0.2, -0.15) is 0 Å². The molecule has 0 aromatic heterocycles. The lowest BCUT2D eigenvalue weighted by Gasteiger charge is -2.23. The molecule has 3 nitrogen and oxygen atoms in total. The van der Waals surface area contributed by atoms with Crippen LogP contribution in [0.1, 0.15) is 24.2 Å². The average Bonchev–Trinajstić information content (AvgIpc) is 2.48. The molecule has 0 saturated heterocycles. The third kappa shape index (κ3) is 3.73. The standard InChI is InChI=1S/C17H20FNO2/c1-11-10-15(8-9-16(11)18)21-17(12(2)19)13-4-6-14(20-3)7-5-13/h4-10,12,17H,19H2,1-3H3. The number of hydrogen-bond acceptors (Lipinski definition) is 3. The summed E-state index contributed by atoms with van der Waals surface area (Å²) in [5, 5.41) is 0. The fourth-order valence-electron chi connectivity index (χ4n) is 2.11. The van der Waals surface area contributed by atoms with E-state index in [-0.39, 0.29) is 18.0 Å². The van der Waals surface area contributed by atoms with Crippen LogP contribution in [0.25, 0.3) is 0 Å². The van der Waals surface area contributed by atoms with Crippen LogP contribution in [0.4, 0.5) is 4.39 Å². The molecular formula is C17H20FNO2. The summed E-state index contributed by atoms with van der Waals surface area (Å²) in [4.78, 5) is 0. The zero-order chi connectivity index (χ0) is 15.4. The van der Waals surface area contributed by atoms with E-state index in [0.717, 1.165) is 11.3 Å². The summed E-state index contributed by atoms with van der Waals surface area (Å²) in [6.07, 6.45) is -0.305.